The molecule has 3 nitrogen and oxygen atoms in total. The predicted octanol–water partition coefficient (Wildman–Crippen LogP) is 10.9. The van der Waals surface area contributed by atoms with Crippen molar-refractivity contribution in [3.05, 3.63) is 151 Å². The molecule has 0 saturated heterocycles. The molecule has 208 valence electrons. The monoisotopic (exact) mass is 581 g/mol. The minimum atomic E-state index is 0.658. The van der Waals surface area contributed by atoms with Crippen molar-refractivity contribution in [2.75, 3.05) is 0 Å². The average Bonchev–Trinajstić information content (AvgIpc) is 3.48. The van der Waals surface area contributed by atoms with Gasteiger partial charge in [0.15, 0.2) is 17.5 Å². The zero-order valence-corrected chi connectivity index (χ0v) is 24.9. The van der Waals surface area contributed by atoms with E-state index in [1.165, 1.54) is 48.0 Å². The third-order valence-corrected chi connectivity index (χ3v) is 9.22. The quantitative estimate of drug-likeness (QED) is 0.203. The number of thiophene rings is 1. The lowest BCUT2D eigenvalue weighted by atomic mass is 9.97. The maximum absolute atomic E-state index is 5.12. The van der Waals surface area contributed by atoms with E-state index < -0.39 is 0 Å². The molecule has 8 rings (SSSR count). The van der Waals surface area contributed by atoms with Crippen LogP contribution in [0.15, 0.2) is 146 Å². The van der Waals surface area contributed by atoms with Gasteiger partial charge in [0.25, 0.3) is 0 Å². The van der Waals surface area contributed by atoms with E-state index in [1.807, 2.05) is 18.2 Å². The maximum Gasteiger partial charge on any atom is 0.165 e. The molecule has 2 heterocycles. The molecule has 0 fully saturated rings. The van der Waals surface area contributed by atoms with Crippen LogP contribution in [0, 0.1) is 6.92 Å². The van der Waals surface area contributed by atoms with Crippen LogP contribution in [0.3, 0.4) is 0 Å². The van der Waals surface area contributed by atoms with E-state index >= 15 is 0 Å². The predicted molar refractivity (Wildman–Crippen MR) is 185 cm³/mol. The van der Waals surface area contributed by atoms with Crippen molar-refractivity contribution in [3.63, 3.8) is 0 Å². The Bertz CT molecular complexity index is 2270. The molecule has 2 aromatic heterocycles. The van der Waals surface area contributed by atoms with E-state index in [9.17, 15) is 0 Å². The molecule has 6 aromatic carbocycles. The Morgan fingerprint density at radius 2 is 1.00 bits per heavy atom. The van der Waals surface area contributed by atoms with Gasteiger partial charge in [0, 0.05) is 36.9 Å². The van der Waals surface area contributed by atoms with Gasteiger partial charge in [-0.05, 0) is 41.3 Å². The van der Waals surface area contributed by atoms with Crippen molar-refractivity contribution in [3.8, 4) is 56.4 Å². The van der Waals surface area contributed by atoms with E-state index in [0.29, 0.717) is 17.5 Å². The van der Waals surface area contributed by atoms with E-state index in [4.69, 9.17) is 15.0 Å². The molecule has 44 heavy (non-hydrogen) atoms. The number of aryl methyl sites for hydroxylation is 1. The van der Waals surface area contributed by atoms with Crippen molar-refractivity contribution in [2.24, 2.45) is 0 Å². The lowest BCUT2D eigenvalue weighted by Gasteiger charge is -2.11. The fourth-order valence-electron chi connectivity index (χ4n) is 5.84. The van der Waals surface area contributed by atoms with Gasteiger partial charge < -0.3 is 0 Å². The zero-order chi connectivity index (χ0) is 29.5. The van der Waals surface area contributed by atoms with Crippen LogP contribution in [-0.4, -0.2) is 15.0 Å². The number of hydrogen-bond acceptors (Lipinski definition) is 4. The second-order valence-electron chi connectivity index (χ2n) is 10.9. The topological polar surface area (TPSA) is 38.7 Å². The lowest BCUT2D eigenvalue weighted by Crippen LogP contribution is -2.00. The highest BCUT2D eigenvalue weighted by molar-refractivity contribution is 7.26. The molecule has 8 aromatic rings. The molecule has 0 spiro atoms. The molecule has 0 aliphatic heterocycles. The van der Waals surface area contributed by atoms with Crippen molar-refractivity contribution in [2.45, 2.75) is 6.92 Å². The molecule has 0 N–H and O–H groups in total. The highest BCUT2D eigenvalue weighted by Gasteiger charge is 2.19. The van der Waals surface area contributed by atoms with Gasteiger partial charge in [-0.25, -0.2) is 15.0 Å². The Labute approximate surface area is 260 Å². The largest absolute Gasteiger partial charge is 0.208 e. The first-order valence-electron chi connectivity index (χ1n) is 14.7. The molecule has 0 bridgehead atoms. The Morgan fingerprint density at radius 3 is 1.73 bits per heavy atom. The fraction of sp³-hybridized carbons (Fsp3) is 0.0250. The number of fused-ring (bicyclic) bond motifs is 3. The fourth-order valence-corrected chi connectivity index (χ4v) is 7.08. The lowest BCUT2D eigenvalue weighted by molar-refractivity contribution is 1.08. The number of rotatable bonds is 5. The summed E-state index contributed by atoms with van der Waals surface area (Å²) in [6.45, 7) is 2.12. The van der Waals surface area contributed by atoms with E-state index in [-0.39, 0.29) is 0 Å². The second-order valence-corrected chi connectivity index (χ2v) is 12.0. The van der Waals surface area contributed by atoms with E-state index in [2.05, 4.69) is 134 Å². The summed E-state index contributed by atoms with van der Waals surface area (Å²) in [5.74, 6) is 1.99. The van der Waals surface area contributed by atoms with Crippen LogP contribution >= 0.6 is 11.3 Å². The van der Waals surface area contributed by atoms with Gasteiger partial charge in [-0.15, -0.1) is 11.3 Å². The zero-order valence-electron chi connectivity index (χ0n) is 24.1. The Morgan fingerprint density at radius 1 is 0.432 bits per heavy atom. The van der Waals surface area contributed by atoms with Crippen LogP contribution in [0.25, 0.3) is 76.6 Å². The summed E-state index contributed by atoms with van der Waals surface area (Å²) >= 11 is 1.80. The van der Waals surface area contributed by atoms with Crippen LogP contribution in [0.5, 0.6) is 0 Å². The molecule has 0 unspecified atom stereocenters. The maximum atomic E-state index is 5.12. The third kappa shape index (κ3) is 4.76. The standard InChI is InChI=1S/C40H27N3S/c1-26-11-10-16-31(25-26)27-19-21-30(22-20-27)39-41-38(29-14-6-3-7-15-29)42-40(43-39)34-24-23-32(28-12-4-2-5-13-28)36-33-17-8-9-18-35(33)44-37(34)36/h2-25H,1H3. The summed E-state index contributed by atoms with van der Waals surface area (Å²) in [6.07, 6.45) is 0. The van der Waals surface area contributed by atoms with Gasteiger partial charge in [0.1, 0.15) is 0 Å². The summed E-state index contributed by atoms with van der Waals surface area (Å²) in [4.78, 5) is 15.2. The minimum absolute atomic E-state index is 0.658. The van der Waals surface area contributed by atoms with Gasteiger partial charge in [0.2, 0.25) is 0 Å². The third-order valence-electron chi connectivity index (χ3n) is 8.01. The van der Waals surface area contributed by atoms with Gasteiger partial charge in [-0.2, -0.15) is 0 Å². The summed E-state index contributed by atoms with van der Waals surface area (Å²) in [5, 5.41) is 2.48. The molecular formula is C40H27N3S. The summed E-state index contributed by atoms with van der Waals surface area (Å²) in [5.41, 5.74) is 8.94. The molecule has 0 aliphatic rings. The average molecular weight is 582 g/mol. The molecule has 0 aliphatic carbocycles. The van der Waals surface area contributed by atoms with Crippen LogP contribution in [-0.2, 0) is 0 Å². The first-order valence-corrected chi connectivity index (χ1v) is 15.5. The molecule has 0 saturated carbocycles. The SMILES string of the molecule is Cc1cccc(-c2ccc(-c3nc(-c4ccccc4)nc(-c4ccc(-c5ccccc5)c5c4sc4ccccc45)n3)cc2)c1. The van der Waals surface area contributed by atoms with E-state index in [1.54, 1.807) is 11.3 Å². The number of nitrogens with zero attached hydrogens (tertiary/aromatic N) is 3. The Kier molecular flexibility index (Phi) is 6.55. The van der Waals surface area contributed by atoms with Crippen molar-refractivity contribution >= 4 is 31.5 Å². The minimum Gasteiger partial charge on any atom is -0.208 e. The summed E-state index contributed by atoms with van der Waals surface area (Å²) in [6, 6.07) is 50.9. The highest BCUT2D eigenvalue weighted by atomic mass is 32.1. The number of aromatic nitrogens is 3. The smallest absolute Gasteiger partial charge is 0.165 e. The van der Waals surface area contributed by atoms with Crippen LogP contribution in [0.1, 0.15) is 5.56 Å². The van der Waals surface area contributed by atoms with Gasteiger partial charge in [-0.1, -0.05) is 139 Å². The summed E-state index contributed by atoms with van der Waals surface area (Å²) < 4.78 is 2.43. The molecule has 0 amide bonds. The van der Waals surface area contributed by atoms with Crippen LogP contribution in [0.2, 0.25) is 0 Å². The Hall–Kier alpha value is -5.45. The van der Waals surface area contributed by atoms with E-state index in [0.717, 1.165) is 16.7 Å². The molecule has 4 heteroatoms. The Balaban J connectivity index is 1.33. The highest BCUT2D eigenvalue weighted by Crippen LogP contribution is 2.44. The van der Waals surface area contributed by atoms with Gasteiger partial charge >= 0.3 is 0 Å². The van der Waals surface area contributed by atoms with Gasteiger partial charge in [0.05, 0.1) is 0 Å². The van der Waals surface area contributed by atoms with Gasteiger partial charge in [-0.3, -0.25) is 0 Å². The molecule has 0 atom stereocenters. The first kappa shape index (κ1) is 26.2. The second kappa shape index (κ2) is 11.0. The number of benzene rings is 6. The molecule has 0 radical (unpaired) electrons. The first-order chi connectivity index (χ1) is 21.7. The van der Waals surface area contributed by atoms with Crippen molar-refractivity contribution < 1.29 is 0 Å². The van der Waals surface area contributed by atoms with Crippen LogP contribution < -0.4 is 0 Å². The van der Waals surface area contributed by atoms with Crippen LogP contribution in [0.4, 0.5) is 0 Å². The summed E-state index contributed by atoms with van der Waals surface area (Å²) in [7, 11) is 0. The molecular weight excluding hydrogens is 555 g/mol. The van der Waals surface area contributed by atoms with Crippen molar-refractivity contribution in [1.82, 2.24) is 15.0 Å². The number of hydrogen-bond donors (Lipinski definition) is 0. The van der Waals surface area contributed by atoms with Crippen molar-refractivity contribution in [1.29, 1.82) is 0 Å². The normalized spacial score (nSPS) is 11.3.